The van der Waals surface area contributed by atoms with Crippen molar-refractivity contribution in [3.05, 3.63) is 22.2 Å². The van der Waals surface area contributed by atoms with Crippen molar-refractivity contribution in [3.63, 3.8) is 0 Å². The van der Waals surface area contributed by atoms with E-state index in [1.54, 1.807) is 0 Å². The molecule has 0 bridgehead atoms. The number of carbonyl (C=O) groups excluding carboxylic acids is 2. The Balaban J connectivity index is 2.45. The zero-order chi connectivity index (χ0) is 15.1. The largest absolute Gasteiger partial charge is 0.469 e. The van der Waals surface area contributed by atoms with E-state index in [1.165, 1.54) is 31.0 Å². The van der Waals surface area contributed by atoms with E-state index in [-0.39, 0.29) is 29.1 Å². The molecule has 1 rings (SSSR count). The zero-order valence-electron chi connectivity index (χ0n) is 10.7. The van der Waals surface area contributed by atoms with Crippen LogP contribution in [0, 0.1) is 0 Å². The second kappa shape index (κ2) is 8.24. The van der Waals surface area contributed by atoms with Crippen LogP contribution in [0.3, 0.4) is 0 Å². The van der Waals surface area contributed by atoms with E-state index < -0.39 is 0 Å². The molecule has 0 aromatic heterocycles. The van der Waals surface area contributed by atoms with Crippen molar-refractivity contribution in [3.8, 4) is 0 Å². The Hall–Kier alpha value is -1.11. The average molecular weight is 337 g/mol. The number of esters is 1. The van der Waals surface area contributed by atoms with E-state index in [9.17, 15) is 9.59 Å². The van der Waals surface area contributed by atoms with Crippen molar-refractivity contribution in [1.82, 2.24) is 0 Å². The van der Waals surface area contributed by atoms with E-state index in [4.69, 9.17) is 28.9 Å². The van der Waals surface area contributed by atoms with Crippen molar-refractivity contribution >= 4 is 58.2 Å². The lowest BCUT2D eigenvalue weighted by Gasteiger charge is -2.10. The van der Waals surface area contributed by atoms with Crippen molar-refractivity contribution in [2.24, 2.45) is 0 Å². The number of anilines is 2. The first-order chi connectivity index (χ1) is 9.43. The third-order valence-corrected chi connectivity index (χ3v) is 3.74. The Morgan fingerprint density at radius 2 is 2.10 bits per heavy atom. The summed E-state index contributed by atoms with van der Waals surface area (Å²) in [5.41, 5.74) is 6.38. The number of methoxy groups -OCH3 is 1. The highest BCUT2D eigenvalue weighted by Gasteiger charge is 2.11. The van der Waals surface area contributed by atoms with Crippen LogP contribution in [0.5, 0.6) is 0 Å². The minimum atomic E-state index is -0.303. The first-order valence-corrected chi connectivity index (χ1v) is 7.54. The molecule has 0 heterocycles. The molecule has 5 nitrogen and oxygen atoms in total. The first-order valence-electron chi connectivity index (χ1n) is 5.63. The van der Waals surface area contributed by atoms with Gasteiger partial charge in [-0.15, -0.1) is 0 Å². The summed E-state index contributed by atoms with van der Waals surface area (Å²) < 4.78 is 4.50. The number of halogens is 2. The number of benzene rings is 1. The fraction of sp³-hybridized carbons (Fsp3) is 0.333. The van der Waals surface area contributed by atoms with Crippen molar-refractivity contribution in [2.45, 2.75) is 6.42 Å². The first kappa shape index (κ1) is 16.9. The molecule has 0 saturated heterocycles. The lowest BCUT2D eigenvalue weighted by molar-refractivity contribution is -0.140. The standard InChI is InChI=1S/C12H14Cl2N2O3S/c1-19-11(18)2-3-20-6-10(17)16-12-8(14)4-7(13)5-9(12)15/h4-5H,2-3,6,15H2,1H3,(H,16,17). The Bertz CT molecular complexity index is 488. The Kier molecular flexibility index (Phi) is 6.98. The summed E-state index contributed by atoms with van der Waals surface area (Å²) in [7, 11) is 1.32. The normalized spacial score (nSPS) is 10.2. The van der Waals surface area contributed by atoms with Gasteiger partial charge in [0.2, 0.25) is 5.91 Å². The van der Waals surface area contributed by atoms with Crippen LogP contribution in [-0.4, -0.2) is 30.5 Å². The predicted octanol–water partition coefficient (Wildman–Crippen LogP) is 2.81. The van der Waals surface area contributed by atoms with Crippen LogP contribution in [0.15, 0.2) is 12.1 Å². The second-order valence-electron chi connectivity index (χ2n) is 3.78. The van der Waals surface area contributed by atoms with Gasteiger partial charge in [0, 0.05) is 10.8 Å². The number of amides is 1. The summed E-state index contributed by atoms with van der Waals surface area (Å²) in [6.45, 7) is 0. The molecule has 1 aromatic rings. The van der Waals surface area contributed by atoms with Gasteiger partial charge >= 0.3 is 5.97 Å². The van der Waals surface area contributed by atoms with E-state index >= 15 is 0 Å². The molecule has 1 amide bonds. The molecule has 0 spiro atoms. The molecular formula is C12H14Cl2N2O3S. The summed E-state index contributed by atoms with van der Waals surface area (Å²) in [6, 6.07) is 3.01. The number of carbonyl (C=O) groups is 2. The molecular weight excluding hydrogens is 323 g/mol. The van der Waals surface area contributed by atoms with Gasteiger partial charge in [0.25, 0.3) is 0 Å². The zero-order valence-corrected chi connectivity index (χ0v) is 13.1. The van der Waals surface area contributed by atoms with Gasteiger partial charge in [-0.3, -0.25) is 9.59 Å². The SMILES string of the molecule is COC(=O)CCSCC(=O)Nc1c(N)cc(Cl)cc1Cl. The molecule has 0 aliphatic heterocycles. The third-order valence-electron chi connectivity index (χ3n) is 2.26. The summed E-state index contributed by atoms with van der Waals surface area (Å²) in [4.78, 5) is 22.6. The number of nitrogens with one attached hydrogen (secondary N) is 1. The fourth-order valence-corrected chi connectivity index (χ4v) is 2.59. The quantitative estimate of drug-likeness (QED) is 0.474. The molecule has 8 heteroatoms. The Labute approximate surface area is 131 Å². The van der Waals surface area contributed by atoms with Crippen LogP contribution in [0.25, 0.3) is 0 Å². The predicted molar refractivity (Wildman–Crippen MR) is 83.5 cm³/mol. The second-order valence-corrected chi connectivity index (χ2v) is 5.73. The molecule has 0 radical (unpaired) electrons. The maximum absolute atomic E-state index is 11.7. The molecule has 0 unspecified atom stereocenters. The van der Waals surface area contributed by atoms with Gasteiger partial charge in [-0.1, -0.05) is 23.2 Å². The summed E-state index contributed by atoms with van der Waals surface area (Å²) in [5, 5.41) is 3.30. The molecule has 110 valence electrons. The smallest absolute Gasteiger partial charge is 0.306 e. The number of ether oxygens (including phenoxy) is 1. The minimum absolute atomic E-state index is 0.190. The molecule has 0 atom stereocenters. The van der Waals surface area contributed by atoms with E-state index in [0.29, 0.717) is 22.2 Å². The topological polar surface area (TPSA) is 81.4 Å². The highest BCUT2D eigenvalue weighted by molar-refractivity contribution is 7.99. The molecule has 0 aliphatic carbocycles. The summed E-state index contributed by atoms with van der Waals surface area (Å²) >= 11 is 13.0. The number of nitrogen functional groups attached to an aromatic ring is 1. The fourth-order valence-electron chi connectivity index (χ4n) is 1.32. The number of hydrogen-bond acceptors (Lipinski definition) is 5. The monoisotopic (exact) mass is 336 g/mol. The van der Waals surface area contributed by atoms with Gasteiger partial charge in [-0.2, -0.15) is 11.8 Å². The van der Waals surface area contributed by atoms with Gasteiger partial charge in [-0.05, 0) is 12.1 Å². The van der Waals surface area contributed by atoms with Gasteiger partial charge < -0.3 is 15.8 Å². The van der Waals surface area contributed by atoms with Gasteiger partial charge in [0.15, 0.2) is 0 Å². The highest BCUT2D eigenvalue weighted by Crippen LogP contribution is 2.32. The summed E-state index contributed by atoms with van der Waals surface area (Å²) in [6.07, 6.45) is 0.262. The maximum atomic E-state index is 11.7. The van der Waals surface area contributed by atoms with Gasteiger partial charge in [-0.25, -0.2) is 0 Å². The molecule has 1 aromatic carbocycles. The molecule has 0 aliphatic rings. The number of hydrogen-bond donors (Lipinski definition) is 2. The molecule has 0 saturated carbocycles. The molecule has 3 N–H and O–H groups in total. The average Bonchev–Trinajstić information content (AvgIpc) is 2.38. The van der Waals surface area contributed by atoms with Crippen LogP contribution < -0.4 is 11.1 Å². The Morgan fingerprint density at radius 3 is 2.70 bits per heavy atom. The maximum Gasteiger partial charge on any atom is 0.306 e. The van der Waals surface area contributed by atoms with Crippen molar-refractivity contribution in [2.75, 3.05) is 29.7 Å². The highest BCUT2D eigenvalue weighted by atomic mass is 35.5. The van der Waals surface area contributed by atoms with Gasteiger partial charge in [0.1, 0.15) is 0 Å². The third kappa shape index (κ3) is 5.48. The lowest BCUT2D eigenvalue weighted by Crippen LogP contribution is -2.16. The van der Waals surface area contributed by atoms with Gasteiger partial charge in [0.05, 0.1) is 35.7 Å². The van der Waals surface area contributed by atoms with Crippen LogP contribution >= 0.6 is 35.0 Å². The van der Waals surface area contributed by atoms with E-state index in [2.05, 4.69) is 10.1 Å². The minimum Gasteiger partial charge on any atom is -0.469 e. The van der Waals surface area contributed by atoms with E-state index in [0.717, 1.165) is 0 Å². The van der Waals surface area contributed by atoms with Crippen LogP contribution in [0.2, 0.25) is 10.0 Å². The Morgan fingerprint density at radius 1 is 1.40 bits per heavy atom. The van der Waals surface area contributed by atoms with Crippen LogP contribution in [0.1, 0.15) is 6.42 Å². The number of nitrogens with two attached hydrogens (primary N) is 1. The van der Waals surface area contributed by atoms with Crippen molar-refractivity contribution < 1.29 is 14.3 Å². The van der Waals surface area contributed by atoms with Crippen LogP contribution in [0.4, 0.5) is 11.4 Å². The van der Waals surface area contributed by atoms with Crippen molar-refractivity contribution in [1.29, 1.82) is 0 Å². The lowest BCUT2D eigenvalue weighted by atomic mass is 10.2. The number of thioether (sulfide) groups is 1. The molecule has 0 fully saturated rings. The summed E-state index contributed by atoms with van der Waals surface area (Å²) in [5.74, 6) is 0.137. The number of rotatable bonds is 6. The van der Waals surface area contributed by atoms with E-state index in [1.807, 2.05) is 0 Å². The van der Waals surface area contributed by atoms with Crippen LogP contribution in [-0.2, 0) is 14.3 Å². The molecule has 20 heavy (non-hydrogen) atoms.